The van der Waals surface area contributed by atoms with Crippen molar-refractivity contribution < 1.29 is 14.6 Å². The van der Waals surface area contributed by atoms with E-state index in [0.717, 1.165) is 51.7 Å². The van der Waals surface area contributed by atoms with E-state index in [1.54, 1.807) is 12.1 Å². The number of carbonyl (C=O) groups is 1. The standard InChI is InChI=1S/C23H25NO3/c1-5-27-23(26)22-15(4)24(16-6-7-16)21-12-19(14(3)11-20(21)22)18-9-8-17(25)10-13(18)2/h8-12,16,25H,5-7H2,1-4H3. The molecule has 0 aliphatic heterocycles. The Hall–Kier alpha value is -2.75. The summed E-state index contributed by atoms with van der Waals surface area (Å²) in [6.45, 7) is 8.31. The maximum atomic E-state index is 12.6. The van der Waals surface area contributed by atoms with Crippen molar-refractivity contribution >= 4 is 16.9 Å². The molecule has 3 aromatic rings. The van der Waals surface area contributed by atoms with E-state index in [4.69, 9.17) is 4.74 Å². The zero-order valence-electron chi connectivity index (χ0n) is 16.3. The molecule has 0 unspecified atom stereocenters. The van der Waals surface area contributed by atoms with E-state index >= 15 is 0 Å². The first-order valence-electron chi connectivity index (χ1n) is 9.54. The lowest BCUT2D eigenvalue weighted by Gasteiger charge is -2.12. The van der Waals surface area contributed by atoms with Crippen LogP contribution in [0.25, 0.3) is 22.0 Å². The average molecular weight is 363 g/mol. The van der Waals surface area contributed by atoms with Crippen LogP contribution in [0.2, 0.25) is 0 Å². The number of carbonyl (C=O) groups excluding carboxylic acids is 1. The molecular weight excluding hydrogens is 338 g/mol. The molecule has 27 heavy (non-hydrogen) atoms. The zero-order valence-corrected chi connectivity index (χ0v) is 16.3. The summed E-state index contributed by atoms with van der Waals surface area (Å²) in [6.07, 6.45) is 2.29. The van der Waals surface area contributed by atoms with E-state index in [9.17, 15) is 9.90 Å². The lowest BCUT2D eigenvalue weighted by atomic mass is 9.94. The first kappa shape index (κ1) is 17.7. The van der Waals surface area contributed by atoms with Crippen molar-refractivity contribution in [2.75, 3.05) is 6.61 Å². The highest BCUT2D eigenvalue weighted by molar-refractivity contribution is 6.07. The van der Waals surface area contributed by atoms with Gasteiger partial charge in [0.2, 0.25) is 0 Å². The lowest BCUT2D eigenvalue weighted by molar-refractivity contribution is 0.0527. The number of esters is 1. The number of phenolic OH excluding ortho intramolecular Hbond substituents is 1. The van der Waals surface area contributed by atoms with Crippen LogP contribution in [0.4, 0.5) is 0 Å². The van der Waals surface area contributed by atoms with Crippen molar-refractivity contribution in [1.82, 2.24) is 4.57 Å². The van der Waals surface area contributed by atoms with Gasteiger partial charge in [0.1, 0.15) is 5.75 Å². The summed E-state index contributed by atoms with van der Waals surface area (Å²) >= 11 is 0. The van der Waals surface area contributed by atoms with E-state index in [2.05, 4.69) is 23.6 Å². The molecule has 4 nitrogen and oxygen atoms in total. The number of aromatic hydroxyl groups is 1. The molecule has 0 spiro atoms. The second-order valence-electron chi connectivity index (χ2n) is 7.47. The minimum Gasteiger partial charge on any atom is -0.508 e. The summed E-state index contributed by atoms with van der Waals surface area (Å²) in [6, 6.07) is 10.2. The predicted octanol–water partition coefficient (Wildman–Crippen LogP) is 5.45. The number of hydrogen-bond donors (Lipinski definition) is 1. The van der Waals surface area contributed by atoms with Gasteiger partial charge in [-0.15, -0.1) is 0 Å². The highest BCUT2D eigenvalue weighted by atomic mass is 16.5. The fraction of sp³-hybridized carbons (Fsp3) is 0.348. The molecule has 140 valence electrons. The third-order valence-electron chi connectivity index (χ3n) is 5.49. The van der Waals surface area contributed by atoms with E-state index in [-0.39, 0.29) is 11.7 Å². The minimum absolute atomic E-state index is 0.243. The van der Waals surface area contributed by atoms with Gasteiger partial charge in [-0.05, 0) is 87.1 Å². The highest BCUT2D eigenvalue weighted by Crippen LogP contribution is 2.43. The first-order valence-corrected chi connectivity index (χ1v) is 9.54. The van der Waals surface area contributed by atoms with Gasteiger partial charge in [0.15, 0.2) is 0 Å². The third-order valence-corrected chi connectivity index (χ3v) is 5.49. The minimum atomic E-state index is -0.243. The quantitative estimate of drug-likeness (QED) is 0.627. The Morgan fingerprint density at radius 1 is 1.11 bits per heavy atom. The maximum absolute atomic E-state index is 12.6. The van der Waals surface area contributed by atoms with Crippen LogP contribution in [0.1, 0.15) is 53.0 Å². The third kappa shape index (κ3) is 2.89. The number of phenols is 1. The molecule has 1 aliphatic carbocycles. The maximum Gasteiger partial charge on any atom is 0.340 e. The number of aryl methyl sites for hydroxylation is 2. The van der Waals surface area contributed by atoms with Gasteiger partial charge >= 0.3 is 5.97 Å². The molecule has 0 saturated heterocycles. The Labute approximate surface area is 159 Å². The number of nitrogens with zero attached hydrogens (tertiary/aromatic N) is 1. The molecule has 1 fully saturated rings. The summed E-state index contributed by atoms with van der Waals surface area (Å²) in [7, 11) is 0. The Morgan fingerprint density at radius 2 is 1.81 bits per heavy atom. The second kappa shape index (κ2) is 6.45. The summed E-state index contributed by atoms with van der Waals surface area (Å²) < 4.78 is 7.64. The molecule has 4 rings (SSSR count). The number of hydrogen-bond acceptors (Lipinski definition) is 3. The van der Waals surface area contributed by atoms with Crippen molar-refractivity contribution in [2.45, 2.75) is 46.6 Å². The first-order chi connectivity index (χ1) is 12.9. The van der Waals surface area contributed by atoms with E-state index in [1.165, 1.54) is 0 Å². The van der Waals surface area contributed by atoms with Crippen LogP contribution in [-0.2, 0) is 4.74 Å². The topological polar surface area (TPSA) is 51.5 Å². The molecular formula is C23H25NO3. The molecule has 1 heterocycles. The van der Waals surface area contributed by atoms with E-state index < -0.39 is 0 Å². The molecule has 1 saturated carbocycles. The Balaban J connectivity index is 1.99. The zero-order chi connectivity index (χ0) is 19.3. The summed E-state index contributed by atoms with van der Waals surface area (Å²) in [4.78, 5) is 12.6. The van der Waals surface area contributed by atoms with Crippen LogP contribution in [0.15, 0.2) is 30.3 Å². The van der Waals surface area contributed by atoms with Gasteiger partial charge in [-0.3, -0.25) is 0 Å². The van der Waals surface area contributed by atoms with Crippen molar-refractivity contribution in [2.24, 2.45) is 0 Å². The van der Waals surface area contributed by atoms with Crippen molar-refractivity contribution in [3.8, 4) is 16.9 Å². The fourth-order valence-electron chi connectivity index (χ4n) is 4.10. The largest absolute Gasteiger partial charge is 0.508 e. The Kier molecular flexibility index (Phi) is 4.22. The molecule has 4 heteroatoms. The number of benzene rings is 2. The molecule has 1 N–H and O–H groups in total. The molecule has 0 bridgehead atoms. The number of rotatable bonds is 4. The van der Waals surface area contributed by atoms with E-state index in [1.807, 2.05) is 26.8 Å². The Morgan fingerprint density at radius 3 is 2.44 bits per heavy atom. The van der Waals surface area contributed by atoms with Crippen LogP contribution in [0.3, 0.4) is 0 Å². The lowest BCUT2D eigenvalue weighted by Crippen LogP contribution is -2.07. The van der Waals surface area contributed by atoms with Gasteiger partial charge in [-0.1, -0.05) is 6.07 Å². The van der Waals surface area contributed by atoms with Crippen LogP contribution in [0, 0.1) is 20.8 Å². The van der Waals surface area contributed by atoms with Crippen LogP contribution in [-0.4, -0.2) is 22.2 Å². The monoisotopic (exact) mass is 363 g/mol. The van der Waals surface area contributed by atoms with Gasteiger partial charge < -0.3 is 14.4 Å². The molecule has 0 amide bonds. The summed E-state index contributed by atoms with van der Waals surface area (Å²) in [5.74, 6) is 0.0316. The number of fused-ring (bicyclic) bond motifs is 1. The molecule has 2 aromatic carbocycles. The molecule has 0 radical (unpaired) electrons. The molecule has 1 aliphatic rings. The van der Waals surface area contributed by atoms with E-state index in [0.29, 0.717) is 18.2 Å². The smallest absolute Gasteiger partial charge is 0.340 e. The fourth-order valence-corrected chi connectivity index (χ4v) is 4.10. The van der Waals surface area contributed by atoms with Gasteiger partial charge in [-0.25, -0.2) is 4.79 Å². The molecule has 1 aromatic heterocycles. The predicted molar refractivity (Wildman–Crippen MR) is 107 cm³/mol. The number of ether oxygens (including phenoxy) is 1. The SMILES string of the molecule is CCOC(=O)c1c(C)n(C2CC2)c2cc(-c3ccc(O)cc3C)c(C)cc12. The van der Waals surface area contributed by atoms with Gasteiger partial charge in [0.25, 0.3) is 0 Å². The van der Waals surface area contributed by atoms with Crippen LogP contribution < -0.4 is 0 Å². The van der Waals surface area contributed by atoms with Crippen molar-refractivity contribution in [3.05, 3.63) is 52.7 Å². The van der Waals surface area contributed by atoms with Crippen molar-refractivity contribution in [1.29, 1.82) is 0 Å². The average Bonchev–Trinajstić information content (AvgIpc) is 3.39. The van der Waals surface area contributed by atoms with Gasteiger partial charge in [-0.2, -0.15) is 0 Å². The normalized spacial score (nSPS) is 13.9. The molecule has 0 atom stereocenters. The highest BCUT2D eigenvalue weighted by Gasteiger charge is 2.31. The Bertz CT molecular complexity index is 1060. The van der Waals surface area contributed by atoms with Crippen molar-refractivity contribution in [3.63, 3.8) is 0 Å². The summed E-state index contributed by atoms with van der Waals surface area (Å²) in [5.41, 5.74) is 7.15. The number of aromatic nitrogens is 1. The van der Waals surface area contributed by atoms with Gasteiger partial charge in [0, 0.05) is 22.6 Å². The van der Waals surface area contributed by atoms with Crippen LogP contribution in [0.5, 0.6) is 5.75 Å². The summed E-state index contributed by atoms with van der Waals surface area (Å²) in [5, 5.41) is 10.7. The van der Waals surface area contributed by atoms with Crippen LogP contribution >= 0.6 is 0 Å². The second-order valence-corrected chi connectivity index (χ2v) is 7.47. The van der Waals surface area contributed by atoms with Gasteiger partial charge in [0.05, 0.1) is 12.2 Å².